The first kappa shape index (κ1) is 21.2. The van der Waals surface area contributed by atoms with Gasteiger partial charge in [0.05, 0.1) is 37.0 Å². The Kier molecular flexibility index (Phi) is 7.39. The average molecular weight is 415 g/mol. The topological polar surface area (TPSA) is 85.9 Å². The van der Waals surface area contributed by atoms with E-state index in [4.69, 9.17) is 21.1 Å². The number of amides is 2. The van der Waals surface area contributed by atoms with Crippen LogP contribution in [-0.2, 0) is 4.79 Å². The molecule has 2 amide bonds. The number of ether oxygens (including phenoxy) is 3. The van der Waals surface area contributed by atoms with Crippen molar-refractivity contribution in [2.24, 2.45) is 0 Å². The quantitative estimate of drug-likeness (QED) is 0.692. The lowest BCUT2D eigenvalue weighted by molar-refractivity contribution is -0.115. The third-order valence-corrected chi connectivity index (χ3v) is 3.80. The number of carbonyl (C=O) groups is 2. The van der Waals surface area contributed by atoms with Crippen LogP contribution in [0.25, 0.3) is 0 Å². The standard InChI is InChI=1S/C18H17ClF2N2O5/c1-26-14-8-12(15(27-2)7-11(14)19)23-16(24)9-22-17(25)10-5-3-4-6-13(10)28-18(20)21/h3-8,18H,9H2,1-2H3,(H,22,25)(H,23,24). The Morgan fingerprint density at radius 1 is 1.07 bits per heavy atom. The number of carbonyl (C=O) groups excluding carboxylic acids is 2. The summed E-state index contributed by atoms with van der Waals surface area (Å²) >= 11 is 6.00. The predicted molar refractivity (Wildman–Crippen MR) is 98.6 cm³/mol. The molecule has 0 radical (unpaired) electrons. The molecule has 0 bridgehead atoms. The minimum atomic E-state index is -3.08. The van der Waals surface area contributed by atoms with E-state index in [1.54, 1.807) is 0 Å². The molecule has 10 heteroatoms. The first-order valence-electron chi connectivity index (χ1n) is 7.89. The predicted octanol–water partition coefficient (Wildman–Crippen LogP) is 3.33. The first-order valence-corrected chi connectivity index (χ1v) is 8.27. The summed E-state index contributed by atoms with van der Waals surface area (Å²) in [5, 5.41) is 5.18. The van der Waals surface area contributed by atoms with Crippen molar-refractivity contribution in [2.45, 2.75) is 6.61 Å². The van der Waals surface area contributed by atoms with Gasteiger partial charge in [-0.25, -0.2) is 0 Å². The number of rotatable bonds is 8. The highest BCUT2D eigenvalue weighted by Gasteiger charge is 2.17. The van der Waals surface area contributed by atoms with Crippen molar-refractivity contribution < 1.29 is 32.6 Å². The number of anilines is 1. The van der Waals surface area contributed by atoms with Crippen molar-refractivity contribution in [3.8, 4) is 17.2 Å². The molecule has 7 nitrogen and oxygen atoms in total. The maximum absolute atomic E-state index is 12.4. The van der Waals surface area contributed by atoms with E-state index in [9.17, 15) is 18.4 Å². The minimum absolute atomic E-state index is 0.124. The highest BCUT2D eigenvalue weighted by atomic mass is 35.5. The molecular formula is C18H17ClF2N2O5. The molecule has 0 aliphatic heterocycles. The molecule has 0 saturated heterocycles. The summed E-state index contributed by atoms with van der Waals surface area (Å²) in [6.45, 7) is -3.50. The number of hydrogen-bond donors (Lipinski definition) is 2. The van der Waals surface area contributed by atoms with Gasteiger partial charge < -0.3 is 24.8 Å². The number of para-hydroxylation sites is 1. The molecule has 0 fully saturated rings. The van der Waals surface area contributed by atoms with Crippen LogP contribution in [0.2, 0.25) is 5.02 Å². The van der Waals surface area contributed by atoms with E-state index in [-0.39, 0.29) is 17.0 Å². The Labute approximate surface area is 164 Å². The van der Waals surface area contributed by atoms with E-state index < -0.39 is 25.0 Å². The van der Waals surface area contributed by atoms with Crippen LogP contribution in [0, 0.1) is 0 Å². The summed E-state index contributed by atoms with van der Waals surface area (Å²) in [4.78, 5) is 24.4. The van der Waals surface area contributed by atoms with Gasteiger partial charge in [0.2, 0.25) is 5.91 Å². The van der Waals surface area contributed by atoms with Crippen molar-refractivity contribution in [1.82, 2.24) is 5.32 Å². The number of benzene rings is 2. The van der Waals surface area contributed by atoms with Gasteiger partial charge in [-0.2, -0.15) is 8.78 Å². The molecule has 150 valence electrons. The summed E-state index contributed by atoms with van der Waals surface area (Å²) in [6.07, 6.45) is 0. The lowest BCUT2D eigenvalue weighted by Crippen LogP contribution is -2.33. The number of methoxy groups -OCH3 is 2. The molecule has 0 aliphatic carbocycles. The molecule has 0 spiro atoms. The SMILES string of the molecule is COc1cc(NC(=O)CNC(=O)c2ccccc2OC(F)F)c(OC)cc1Cl. The fourth-order valence-corrected chi connectivity index (χ4v) is 2.49. The maximum atomic E-state index is 12.4. The molecule has 0 aliphatic rings. The van der Waals surface area contributed by atoms with Gasteiger partial charge in [-0.15, -0.1) is 0 Å². The van der Waals surface area contributed by atoms with Gasteiger partial charge in [0.1, 0.15) is 17.2 Å². The van der Waals surface area contributed by atoms with Crippen molar-refractivity contribution in [2.75, 3.05) is 26.1 Å². The van der Waals surface area contributed by atoms with E-state index >= 15 is 0 Å². The number of alkyl halides is 2. The van der Waals surface area contributed by atoms with Gasteiger partial charge in [-0.05, 0) is 12.1 Å². The van der Waals surface area contributed by atoms with E-state index in [1.807, 2.05) is 0 Å². The van der Waals surface area contributed by atoms with Crippen LogP contribution in [-0.4, -0.2) is 39.2 Å². The molecule has 28 heavy (non-hydrogen) atoms. The molecule has 0 atom stereocenters. The van der Waals surface area contributed by atoms with Crippen LogP contribution in [0.5, 0.6) is 17.2 Å². The van der Waals surface area contributed by atoms with E-state index in [0.29, 0.717) is 16.5 Å². The van der Waals surface area contributed by atoms with Crippen molar-refractivity contribution in [1.29, 1.82) is 0 Å². The first-order chi connectivity index (χ1) is 13.3. The van der Waals surface area contributed by atoms with Crippen LogP contribution in [0.3, 0.4) is 0 Å². The highest BCUT2D eigenvalue weighted by Crippen LogP contribution is 2.35. The molecule has 2 rings (SSSR count). The summed E-state index contributed by atoms with van der Waals surface area (Å²) < 4.78 is 39.4. The fourth-order valence-electron chi connectivity index (χ4n) is 2.26. The van der Waals surface area contributed by atoms with Gasteiger partial charge in [-0.3, -0.25) is 9.59 Å². The summed E-state index contributed by atoms with van der Waals surface area (Å²) in [6, 6.07) is 8.39. The van der Waals surface area contributed by atoms with Crippen molar-refractivity contribution >= 4 is 29.1 Å². The zero-order valence-corrected chi connectivity index (χ0v) is 15.7. The monoisotopic (exact) mass is 414 g/mol. The van der Waals surface area contributed by atoms with Crippen LogP contribution in [0.15, 0.2) is 36.4 Å². The fraction of sp³-hybridized carbons (Fsp3) is 0.222. The van der Waals surface area contributed by atoms with Crippen LogP contribution in [0.4, 0.5) is 14.5 Å². The summed E-state index contributed by atoms with van der Waals surface area (Å²) in [7, 11) is 2.81. The smallest absolute Gasteiger partial charge is 0.387 e. The molecule has 2 aromatic carbocycles. The van der Waals surface area contributed by atoms with E-state index in [2.05, 4.69) is 15.4 Å². The third kappa shape index (κ3) is 5.46. The Balaban J connectivity index is 2.04. The van der Waals surface area contributed by atoms with Gasteiger partial charge in [0.25, 0.3) is 5.91 Å². The van der Waals surface area contributed by atoms with Gasteiger partial charge in [-0.1, -0.05) is 23.7 Å². The van der Waals surface area contributed by atoms with E-state index in [1.165, 1.54) is 50.6 Å². The van der Waals surface area contributed by atoms with Crippen LogP contribution < -0.4 is 24.8 Å². The number of nitrogens with one attached hydrogen (secondary N) is 2. The van der Waals surface area contributed by atoms with Gasteiger partial charge in [0.15, 0.2) is 0 Å². The Morgan fingerprint density at radius 2 is 1.75 bits per heavy atom. The lowest BCUT2D eigenvalue weighted by Gasteiger charge is -2.14. The highest BCUT2D eigenvalue weighted by molar-refractivity contribution is 6.32. The Hall–Kier alpha value is -3.07. The number of hydrogen-bond acceptors (Lipinski definition) is 5. The third-order valence-electron chi connectivity index (χ3n) is 3.51. The summed E-state index contributed by atoms with van der Waals surface area (Å²) in [5.74, 6) is -1.00. The molecular weight excluding hydrogens is 398 g/mol. The lowest BCUT2D eigenvalue weighted by atomic mass is 10.2. The Morgan fingerprint density at radius 3 is 2.39 bits per heavy atom. The van der Waals surface area contributed by atoms with Gasteiger partial charge >= 0.3 is 6.61 Å². The zero-order chi connectivity index (χ0) is 20.7. The molecule has 0 unspecified atom stereocenters. The normalized spacial score (nSPS) is 10.4. The number of halogens is 3. The summed E-state index contributed by atoms with van der Waals surface area (Å²) in [5.41, 5.74) is 0.158. The average Bonchev–Trinajstić information content (AvgIpc) is 2.67. The minimum Gasteiger partial charge on any atom is -0.495 e. The molecule has 2 N–H and O–H groups in total. The van der Waals surface area contributed by atoms with Crippen LogP contribution in [0.1, 0.15) is 10.4 Å². The second-order valence-corrected chi connectivity index (χ2v) is 5.70. The van der Waals surface area contributed by atoms with E-state index in [0.717, 1.165) is 0 Å². The molecule has 2 aromatic rings. The second-order valence-electron chi connectivity index (χ2n) is 5.29. The second kappa shape index (κ2) is 9.75. The molecule has 0 saturated carbocycles. The molecule has 0 heterocycles. The largest absolute Gasteiger partial charge is 0.495 e. The van der Waals surface area contributed by atoms with Crippen LogP contribution >= 0.6 is 11.6 Å². The zero-order valence-electron chi connectivity index (χ0n) is 14.9. The van der Waals surface area contributed by atoms with Crippen molar-refractivity contribution in [3.05, 3.63) is 47.0 Å². The Bertz CT molecular complexity index is 864. The van der Waals surface area contributed by atoms with Crippen molar-refractivity contribution in [3.63, 3.8) is 0 Å². The molecule has 0 aromatic heterocycles. The maximum Gasteiger partial charge on any atom is 0.387 e. The van der Waals surface area contributed by atoms with Gasteiger partial charge in [0, 0.05) is 12.1 Å².